The fraction of sp³-hybridized carbons (Fsp3) is 0.211. The summed E-state index contributed by atoms with van der Waals surface area (Å²) in [7, 11) is -3.67. The van der Waals surface area contributed by atoms with E-state index in [1.54, 1.807) is 0 Å². The standard InChI is InChI=1S/C18H14F3N5O3.CH4O3S/c19-10-2-11(20)14(3-13(10)23)26-6-9(18(28)29)15(27)8-1-12(21)17(24-16(8)26)25-4-7(22)5-25;1-5(2,3)4/h1-3,6-7H,4-5,22-23H2,(H,28,29);1H3,(H,2,3,4). The number of carboxylic acids is 1. The number of anilines is 2. The zero-order chi connectivity index (χ0) is 25.5. The average molecular weight is 501 g/mol. The second-order valence-electron chi connectivity index (χ2n) is 7.44. The highest BCUT2D eigenvalue weighted by molar-refractivity contribution is 7.85. The van der Waals surface area contributed by atoms with Crippen molar-refractivity contribution in [1.82, 2.24) is 9.55 Å². The molecule has 1 fully saturated rings. The fourth-order valence-corrected chi connectivity index (χ4v) is 3.20. The number of halogens is 3. The number of pyridine rings is 2. The summed E-state index contributed by atoms with van der Waals surface area (Å²) in [5.41, 5.74) is 8.54. The largest absolute Gasteiger partial charge is 0.477 e. The summed E-state index contributed by atoms with van der Waals surface area (Å²) in [4.78, 5) is 29.6. The van der Waals surface area contributed by atoms with E-state index in [2.05, 4.69) is 4.98 Å². The predicted octanol–water partition coefficient (Wildman–Crippen LogP) is 0.735. The molecular weight excluding hydrogens is 483 g/mol. The Kier molecular flexibility index (Phi) is 6.55. The van der Waals surface area contributed by atoms with E-state index in [1.165, 1.54) is 4.90 Å². The van der Waals surface area contributed by atoms with Crippen molar-refractivity contribution in [2.45, 2.75) is 6.04 Å². The summed E-state index contributed by atoms with van der Waals surface area (Å²) in [5, 5.41) is 8.95. The predicted molar refractivity (Wildman–Crippen MR) is 116 cm³/mol. The lowest BCUT2D eigenvalue weighted by molar-refractivity contribution is 0.0695. The van der Waals surface area contributed by atoms with Crippen LogP contribution in [0.4, 0.5) is 24.7 Å². The van der Waals surface area contributed by atoms with Crippen molar-refractivity contribution in [2.24, 2.45) is 5.73 Å². The van der Waals surface area contributed by atoms with Crippen molar-refractivity contribution < 1.29 is 36.0 Å². The molecule has 0 radical (unpaired) electrons. The van der Waals surface area contributed by atoms with Crippen LogP contribution in [-0.4, -0.2) is 59.0 Å². The number of rotatable bonds is 3. The van der Waals surface area contributed by atoms with Crippen LogP contribution in [0.2, 0.25) is 0 Å². The maximum absolute atomic E-state index is 14.6. The maximum atomic E-state index is 14.6. The summed E-state index contributed by atoms with van der Waals surface area (Å²) < 4.78 is 69.4. The molecular formula is C19H18F3N5O6S. The van der Waals surface area contributed by atoms with Gasteiger partial charge in [-0.1, -0.05) is 0 Å². The first-order chi connectivity index (χ1) is 15.7. The number of hydrogen-bond donors (Lipinski definition) is 4. The highest BCUT2D eigenvalue weighted by atomic mass is 32.2. The summed E-state index contributed by atoms with van der Waals surface area (Å²) in [6.45, 7) is 0.648. The monoisotopic (exact) mass is 501 g/mol. The number of nitrogens with two attached hydrogens (primary N) is 2. The zero-order valence-electron chi connectivity index (χ0n) is 17.4. The molecule has 0 spiro atoms. The van der Waals surface area contributed by atoms with Gasteiger partial charge >= 0.3 is 5.97 Å². The van der Waals surface area contributed by atoms with Gasteiger partial charge in [0.05, 0.1) is 23.0 Å². The van der Waals surface area contributed by atoms with E-state index >= 15 is 0 Å². The Morgan fingerprint density at radius 3 is 2.26 bits per heavy atom. The molecule has 1 aromatic carbocycles. The SMILES string of the molecule is CS(=O)(=O)O.Nc1cc(-n2cc(C(=O)O)c(=O)c3cc(F)c(N4CC(N)C4)nc32)c(F)cc1F. The normalized spacial score (nSPS) is 13.9. The number of hydrogen-bond acceptors (Lipinski definition) is 8. The lowest BCUT2D eigenvalue weighted by Gasteiger charge is -2.38. The number of nitrogens with zero attached hydrogens (tertiary/aromatic N) is 3. The molecule has 3 aromatic rings. The average Bonchev–Trinajstić information content (AvgIpc) is 2.67. The Morgan fingerprint density at radius 2 is 1.74 bits per heavy atom. The number of fused-ring (bicyclic) bond motifs is 1. The molecule has 0 aliphatic carbocycles. The number of aromatic nitrogens is 2. The molecule has 3 heterocycles. The minimum absolute atomic E-state index is 0.120. The van der Waals surface area contributed by atoms with Crippen LogP contribution >= 0.6 is 0 Å². The summed E-state index contributed by atoms with van der Waals surface area (Å²) in [6.07, 6.45) is 1.56. The van der Waals surface area contributed by atoms with Crippen LogP contribution in [0.15, 0.2) is 29.2 Å². The van der Waals surface area contributed by atoms with Crippen LogP contribution < -0.4 is 21.8 Å². The van der Waals surface area contributed by atoms with Gasteiger partial charge in [-0.3, -0.25) is 13.9 Å². The zero-order valence-corrected chi connectivity index (χ0v) is 18.2. The third-order valence-electron chi connectivity index (χ3n) is 4.68. The highest BCUT2D eigenvalue weighted by Gasteiger charge is 2.28. The molecule has 0 unspecified atom stereocenters. The van der Waals surface area contributed by atoms with Gasteiger partial charge in [-0.15, -0.1) is 0 Å². The molecule has 0 amide bonds. The molecule has 1 aliphatic heterocycles. The van der Waals surface area contributed by atoms with Crippen molar-refractivity contribution in [2.75, 3.05) is 30.0 Å². The Morgan fingerprint density at radius 1 is 1.15 bits per heavy atom. The van der Waals surface area contributed by atoms with Crippen LogP contribution in [0.25, 0.3) is 16.7 Å². The Balaban J connectivity index is 0.000000588. The topological polar surface area (TPSA) is 182 Å². The van der Waals surface area contributed by atoms with Crippen LogP contribution in [0, 0.1) is 17.5 Å². The van der Waals surface area contributed by atoms with E-state index in [9.17, 15) is 36.3 Å². The Labute approximate surface area is 189 Å². The molecule has 15 heteroatoms. The smallest absolute Gasteiger partial charge is 0.341 e. The minimum atomic E-state index is -3.67. The van der Waals surface area contributed by atoms with Gasteiger partial charge in [0.15, 0.2) is 17.3 Å². The van der Waals surface area contributed by atoms with Gasteiger partial charge in [0.2, 0.25) is 5.43 Å². The molecule has 0 atom stereocenters. The van der Waals surface area contributed by atoms with Crippen LogP contribution in [0.1, 0.15) is 10.4 Å². The van der Waals surface area contributed by atoms with Crippen molar-refractivity contribution in [1.29, 1.82) is 0 Å². The molecule has 1 saturated heterocycles. The van der Waals surface area contributed by atoms with E-state index in [0.717, 1.165) is 22.9 Å². The second-order valence-corrected chi connectivity index (χ2v) is 8.90. The number of nitrogen functional groups attached to an aromatic ring is 1. The van der Waals surface area contributed by atoms with E-state index in [1.807, 2.05) is 0 Å². The third-order valence-corrected chi connectivity index (χ3v) is 4.68. The van der Waals surface area contributed by atoms with Crippen molar-refractivity contribution in [3.63, 3.8) is 0 Å². The first-order valence-electron chi connectivity index (χ1n) is 9.34. The molecule has 4 rings (SSSR count). The lowest BCUT2D eigenvalue weighted by atomic mass is 10.1. The van der Waals surface area contributed by atoms with Crippen molar-refractivity contribution in [3.05, 3.63) is 57.6 Å². The third kappa shape index (κ3) is 5.11. The van der Waals surface area contributed by atoms with Gasteiger partial charge in [-0.05, 0) is 12.1 Å². The lowest BCUT2D eigenvalue weighted by Crippen LogP contribution is -2.56. The Bertz CT molecular complexity index is 1460. The van der Waals surface area contributed by atoms with Gasteiger partial charge < -0.3 is 21.5 Å². The molecule has 0 bridgehead atoms. The van der Waals surface area contributed by atoms with Gasteiger partial charge in [0.25, 0.3) is 10.1 Å². The first kappa shape index (κ1) is 24.9. The van der Waals surface area contributed by atoms with Gasteiger partial charge in [-0.2, -0.15) is 8.42 Å². The molecule has 0 saturated carbocycles. The van der Waals surface area contributed by atoms with Gasteiger partial charge in [0, 0.05) is 31.4 Å². The molecule has 34 heavy (non-hydrogen) atoms. The van der Waals surface area contributed by atoms with Gasteiger partial charge in [-0.25, -0.2) is 22.9 Å². The highest BCUT2D eigenvalue weighted by Crippen LogP contribution is 2.28. The van der Waals surface area contributed by atoms with Crippen molar-refractivity contribution >= 4 is 38.6 Å². The minimum Gasteiger partial charge on any atom is -0.477 e. The fourth-order valence-electron chi connectivity index (χ4n) is 3.20. The van der Waals surface area contributed by atoms with Crippen molar-refractivity contribution in [3.8, 4) is 5.69 Å². The summed E-state index contributed by atoms with van der Waals surface area (Å²) in [6, 6.07) is 2.13. The summed E-state index contributed by atoms with van der Waals surface area (Å²) >= 11 is 0. The molecule has 11 nitrogen and oxygen atoms in total. The van der Waals surface area contributed by atoms with E-state index in [0.29, 0.717) is 25.4 Å². The molecule has 6 N–H and O–H groups in total. The summed E-state index contributed by atoms with van der Waals surface area (Å²) in [5.74, 6) is -4.65. The maximum Gasteiger partial charge on any atom is 0.341 e. The quantitative estimate of drug-likeness (QED) is 0.295. The molecule has 182 valence electrons. The van der Waals surface area contributed by atoms with Crippen LogP contribution in [0.3, 0.4) is 0 Å². The van der Waals surface area contributed by atoms with E-state index < -0.39 is 50.2 Å². The van der Waals surface area contributed by atoms with E-state index in [4.69, 9.17) is 16.0 Å². The number of carboxylic acid groups (broad SMARTS) is 1. The first-order valence-corrected chi connectivity index (χ1v) is 11.2. The second kappa shape index (κ2) is 8.92. The number of aromatic carboxylic acids is 1. The molecule has 1 aliphatic rings. The molecule has 2 aromatic heterocycles. The van der Waals surface area contributed by atoms with Crippen LogP contribution in [0.5, 0.6) is 0 Å². The number of benzene rings is 1. The van der Waals surface area contributed by atoms with E-state index in [-0.39, 0.29) is 28.6 Å². The van der Waals surface area contributed by atoms with Gasteiger partial charge in [0.1, 0.15) is 17.2 Å². The number of carbonyl (C=O) groups is 1. The Hall–Kier alpha value is -3.69. The van der Waals surface area contributed by atoms with Crippen LogP contribution in [-0.2, 0) is 10.1 Å².